The van der Waals surface area contributed by atoms with Gasteiger partial charge >= 0.3 is 0 Å². The Morgan fingerprint density at radius 3 is 2.23 bits per heavy atom. The van der Waals surface area contributed by atoms with Crippen LogP contribution in [0.1, 0.15) is 41.5 Å². The van der Waals surface area contributed by atoms with Crippen LogP contribution in [0.3, 0.4) is 0 Å². The summed E-state index contributed by atoms with van der Waals surface area (Å²) in [5, 5.41) is 0. The molecule has 0 radical (unpaired) electrons. The van der Waals surface area contributed by atoms with Gasteiger partial charge in [-0.3, -0.25) is 0 Å². The molecule has 0 aliphatic carbocycles. The van der Waals surface area contributed by atoms with Crippen molar-refractivity contribution in [3.05, 3.63) is 48.8 Å². The standard InChI is InChI=1S/C24H28N6O/c1-23(2,3)30-19-11-10-15(16-13-26-22(25)27-14-16)12-18(19)29-21(30)17-8-7-9-20(28-17)31-24(4,5)6/h7-14H,1-6H3,(H2,25,26,27). The highest BCUT2D eigenvalue weighted by Gasteiger charge is 2.24. The van der Waals surface area contributed by atoms with Crippen molar-refractivity contribution in [2.24, 2.45) is 0 Å². The van der Waals surface area contributed by atoms with Crippen molar-refractivity contribution >= 4 is 17.0 Å². The van der Waals surface area contributed by atoms with Gasteiger partial charge in [0, 0.05) is 29.6 Å². The topological polar surface area (TPSA) is 91.7 Å². The van der Waals surface area contributed by atoms with Crippen molar-refractivity contribution in [3.63, 3.8) is 0 Å². The number of nitrogens with zero attached hydrogens (tertiary/aromatic N) is 5. The van der Waals surface area contributed by atoms with E-state index in [0.717, 1.165) is 33.7 Å². The maximum atomic E-state index is 5.98. The number of ether oxygens (including phenoxy) is 1. The van der Waals surface area contributed by atoms with Crippen LogP contribution >= 0.6 is 0 Å². The van der Waals surface area contributed by atoms with Gasteiger partial charge in [0.2, 0.25) is 11.8 Å². The van der Waals surface area contributed by atoms with Gasteiger partial charge in [-0.15, -0.1) is 0 Å². The number of fused-ring (bicyclic) bond motifs is 1. The fourth-order valence-electron chi connectivity index (χ4n) is 3.51. The lowest BCUT2D eigenvalue weighted by Gasteiger charge is -2.25. The van der Waals surface area contributed by atoms with Crippen LogP contribution < -0.4 is 10.5 Å². The minimum atomic E-state index is -0.328. The van der Waals surface area contributed by atoms with Gasteiger partial charge in [0.05, 0.1) is 11.0 Å². The van der Waals surface area contributed by atoms with Gasteiger partial charge in [-0.2, -0.15) is 0 Å². The van der Waals surface area contributed by atoms with Crippen molar-refractivity contribution in [1.29, 1.82) is 0 Å². The number of nitrogen functional groups attached to an aromatic ring is 1. The van der Waals surface area contributed by atoms with E-state index in [4.69, 9.17) is 20.4 Å². The Labute approximate surface area is 182 Å². The van der Waals surface area contributed by atoms with E-state index in [2.05, 4.69) is 47.4 Å². The SMILES string of the molecule is CC(C)(C)Oc1cccc(-c2nc3cc(-c4cnc(N)nc4)ccc3n2C(C)(C)C)n1. The minimum Gasteiger partial charge on any atom is -0.472 e. The van der Waals surface area contributed by atoms with Crippen molar-refractivity contribution in [3.8, 4) is 28.5 Å². The molecule has 1 aromatic carbocycles. The van der Waals surface area contributed by atoms with Crippen molar-refractivity contribution < 1.29 is 4.74 Å². The summed E-state index contributed by atoms with van der Waals surface area (Å²) in [4.78, 5) is 17.9. The van der Waals surface area contributed by atoms with Crippen LogP contribution in [0.15, 0.2) is 48.8 Å². The molecule has 31 heavy (non-hydrogen) atoms. The maximum absolute atomic E-state index is 5.98. The monoisotopic (exact) mass is 416 g/mol. The number of anilines is 1. The van der Waals surface area contributed by atoms with E-state index >= 15 is 0 Å². The van der Waals surface area contributed by atoms with E-state index < -0.39 is 0 Å². The average molecular weight is 417 g/mol. The maximum Gasteiger partial charge on any atom is 0.219 e. The number of rotatable bonds is 3. The molecule has 0 spiro atoms. The van der Waals surface area contributed by atoms with Gasteiger partial charge in [0.1, 0.15) is 11.3 Å². The largest absolute Gasteiger partial charge is 0.472 e. The molecule has 160 valence electrons. The first-order chi connectivity index (χ1) is 14.5. The van der Waals surface area contributed by atoms with Crippen LogP contribution in [0.5, 0.6) is 5.88 Å². The second-order valence-electron chi connectivity index (χ2n) is 9.55. The summed E-state index contributed by atoms with van der Waals surface area (Å²) in [5.74, 6) is 1.64. The number of pyridine rings is 1. The smallest absolute Gasteiger partial charge is 0.219 e. The molecule has 0 saturated carbocycles. The molecule has 0 bridgehead atoms. The Morgan fingerprint density at radius 2 is 1.58 bits per heavy atom. The molecule has 4 rings (SSSR count). The van der Waals surface area contributed by atoms with E-state index in [-0.39, 0.29) is 17.1 Å². The molecule has 7 nitrogen and oxygen atoms in total. The second-order valence-corrected chi connectivity index (χ2v) is 9.55. The van der Waals surface area contributed by atoms with Crippen LogP contribution in [0.4, 0.5) is 5.95 Å². The number of benzene rings is 1. The molecule has 7 heteroatoms. The Kier molecular flexibility index (Phi) is 4.92. The van der Waals surface area contributed by atoms with E-state index in [1.165, 1.54) is 0 Å². The van der Waals surface area contributed by atoms with Gasteiger partial charge in [0.25, 0.3) is 0 Å². The van der Waals surface area contributed by atoms with Crippen LogP contribution in [0.2, 0.25) is 0 Å². The van der Waals surface area contributed by atoms with E-state index in [1.807, 2.05) is 45.0 Å². The summed E-state index contributed by atoms with van der Waals surface area (Å²) >= 11 is 0. The number of hydrogen-bond donors (Lipinski definition) is 1. The second kappa shape index (κ2) is 7.34. The molecule has 0 saturated heterocycles. The zero-order valence-corrected chi connectivity index (χ0v) is 18.8. The molecule has 0 atom stereocenters. The first-order valence-corrected chi connectivity index (χ1v) is 10.3. The van der Waals surface area contributed by atoms with Gasteiger partial charge < -0.3 is 15.0 Å². The first-order valence-electron chi connectivity index (χ1n) is 10.3. The summed E-state index contributed by atoms with van der Waals surface area (Å²) in [6, 6.07) is 12.0. The minimum absolute atomic E-state index is 0.196. The summed E-state index contributed by atoms with van der Waals surface area (Å²) < 4.78 is 8.19. The molecule has 2 N–H and O–H groups in total. The van der Waals surface area contributed by atoms with Gasteiger partial charge in [-0.1, -0.05) is 12.1 Å². The predicted molar refractivity (Wildman–Crippen MR) is 124 cm³/mol. The molecule has 3 heterocycles. The van der Waals surface area contributed by atoms with Crippen LogP contribution in [0.25, 0.3) is 33.7 Å². The Balaban J connectivity index is 1.87. The Hall–Kier alpha value is -3.48. The molecule has 0 amide bonds. The number of hydrogen-bond acceptors (Lipinski definition) is 6. The summed E-state index contributed by atoms with van der Waals surface area (Å²) in [5.41, 5.74) is 9.66. The summed E-state index contributed by atoms with van der Waals surface area (Å²) in [6.07, 6.45) is 3.44. The fraction of sp³-hybridized carbons (Fsp3) is 0.333. The molecule has 0 aliphatic heterocycles. The molecule has 4 aromatic rings. The van der Waals surface area contributed by atoms with E-state index in [9.17, 15) is 0 Å². The van der Waals surface area contributed by atoms with Crippen molar-refractivity contribution in [2.45, 2.75) is 52.7 Å². The highest BCUT2D eigenvalue weighted by molar-refractivity contribution is 5.85. The normalized spacial score (nSPS) is 12.3. The highest BCUT2D eigenvalue weighted by atomic mass is 16.5. The van der Waals surface area contributed by atoms with E-state index in [1.54, 1.807) is 12.4 Å². The zero-order valence-electron chi connectivity index (χ0n) is 18.8. The molecule has 0 fully saturated rings. The number of aromatic nitrogens is 5. The van der Waals surface area contributed by atoms with Gasteiger partial charge in [-0.05, 0) is 65.3 Å². The van der Waals surface area contributed by atoms with Gasteiger partial charge in [-0.25, -0.2) is 19.9 Å². The number of imidazole rings is 1. The summed E-state index contributed by atoms with van der Waals surface area (Å²) in [6.45, 7) is 12.5. The fourth-order valence-corrected chi connectivity index (χ4v) is 3.51. The Bertz CT molecular complexity index is 1230. The molecule has 0 unspecified atom stereocenters. The predicted octanol–water partition coefficient (Wildman–Crippen LogP) is 5.07. The van der Waals surface area contributed by atoms with E-state index in [0.29, 0.717) is 5.88 Å². The lowest BCUT2D eigenvalue weighted by molar-refractivity contribution is 0.124. The van der Waals surface area contributed by atoms with Crippen LogP contribution in [-0.4, -0.2) is 30.1 Å². The van der Waals surface area contributed by atoms with Crippen molar-refractivity contribution in [1.82, 2.24) is 24.5 Å². The molecular weight excluding hydrogens is 388 g/mol. The number of nitrogens with two attached hydrogens (primary N) is 1. The van der Waals surface area contributed by atoms with Gasteiger partial charge in [0.15, 0.2) is 5.82 Å². The van der Waals surface area contributed by atoms with Crippen molar-refractivity contribution in [2.75, 3.05) is 5.73 Å². The summed E-state index contributed by atoms with van der Waals surface area (Å²) in [7, 11) is 0. The third-order valence-electron chi connectivity index (χ3n) is 4.69. The Morgan fingerprint density at radius 1 is 0.871 bits per heavy atom. The third-order valence-corrected chi connectivity index (χ3v) is 4.69. The molecule has 0 aliphatic rings. The highest BCUT2D eigenvalue weighted by Crippen LogP contribution is 2.33. The average Bonchev–Trinajstić information content (AvgIpc) is 3.06. The zero-order chi connectivity index (χ0) is 22.4. The lowest BCUT2D eigenvalue weighted by Crippen LogP contribution is -2.24. The third kappa shape index (κ3) is 4.35. The van der Waals surface area contributed by atoms with Crippen LogP contribution in [0, 0.1) is 0 Å². The lowest BCUT2D eigenvalue weighted by atomic mass is 10.1. The van der Waals surface area contributed by atoms with Crippen LogP contribution in [-0.2, 0) is 5.54 Å². The molecular formula is C24H28N6O. The molecule has 3 aromatic heterocycles. The first kappa shape index (κ1) is 20.8. The quantitative estimate of drug-likeness (QED) is 0.501.